The number of aromatic nitrogens is 2. The highest BCUT2D eigenvalue weighted by atomic mass is 19.1. The summed E-state index contributed by atoms with van der Waals surface area (Å²) in [6.45, 7) is 13.4. The minimum Gasteiger partial charge on any atom is -0.504 e. The van der Waals surface area contributed by atoms with Crippen molar-refractivity contribution in [2.24, 2.45) is 0 Å². The van der Waals surface area contributed by atoms with Gasteiger partial charge in [-0.2, -0.15) is 0 Å². The second kappa shape index (κ2) is 16.3. The predicted octanol–water partition coefficient (Wildman–Crippen LogP) is 15.6. The van der Waals surface area contributed by atoms with E-state index in [1.54, 1.807) is 0 Å². The van der Waals surface area contributed by atoms with Gasteiger partial charge in [-0.3, -0.25) is 4.98 Å². The second-order valence-electron chi connectivity index (χ2n) is 19.4. The number of fused-ring (bicyclic) bond motifs is 3. The number of para-hydroxylation sites is 2. The summed E-state index contributed by atoms with van der Waals surface area (Å²) in [5.41, 5.74) is 15.7. The molecule has 320 valence electrons. The Labute approximate surface area is 382 Å². The van der Waals surface area contributed by atoms with E-state index in [1.807, 2.05) is 54.7 Å². The first-order valence-electron chi connectivity index (χ1n) is 22.5. The Morgan fingerprint density at radius 2 is 1.11 bits per heavy atom. The van der Waals surface area contributed by atoms with Crippen molar-refractivity contribution in [1.82, 2.24) is 9.97 Å². The van der Waals surface area contributed by atoms with Gasteiger partial charge in [0, 0.05) is 40.1 Å². The van der Waals surface area contributed by atoms with Crippen molar-refractivity contribution in [3.63, 3.8) is 0 Å². The lowest BCUT2D eigenvalue weighted by Crippen LogP contribution is -2.28. The molecule has 1 aliphatic heterocycles. The number of hydrogen-bond donors (Lipinski definition) is 1. The number of phenols is 1. The number of benzene rings is 6. The number of anilines is 2. The predicted molar refractivity (Wildman–Crippen MR) is 267 cm³/mol. The highest BCUT2D eigenvalue weighted by molar-refractivity contribution is 5.90. The first-order valence-corrected chi connectivity index (χ1v) is 22.5. The number of halogens is 1. The molecule has 0 saturated carbocycles. The molecule has 0 bridgehead atoms. The molecule has 1 N–H and O–H groups in total. The number of aromatic hydroxyl groups is 1. The molecule has 5 heteroatoms. The van der Waals surface area contributed by atoms with Crippen LogP contribution in [0, 0.1) is 5.82 Å². The molecule has 65 heavy (non-hydrogen) atoms. The lowest BCUT2D eigenvalue weighted by molar-refractivity contribution is 0.434. The molecule has 2 aromatic heterocycles. The van der Waals surface area contributed by atoms with Gasteiger partial charge in [-0.25, -0.2) is 9.37 Å². The van der Waals surface area contributed by atoms with Crippen molar-refractivity contribution in [1.29, 1.82) is 0 Å². The van der Waals surface area contributed by atoms with Crippen molar-refractivity contribution in [2.75, 3.05) is 4.90 Å². The zero-order valence-electron chi connectivity index (χ0n) is 37.7. The highest BCUT2D eigenvalue weighted by Crippen LogP contribution is 2.52. The number of rotatable bonds is 7. The second-order valence-corrected chi connectivity index (χ2v) is 19.4. The molecule has 10 rings (SSSR count). The number of hydrogen-bond acceptors (Lipinski definition) is 4. The monoisotopic (exact) mass is 849 g/mol. The third-order valence-corrected chi connectivity index (χ3v) is 12.9. The summed E-state index contributed by atoms with van der Waals surface area (Å²) >= 11 is 0. The maximum atomic E-state index is 15.8. The van der Waals surface area contributed by atoms with Crippen LogP contribution >= 0.6 is 0 Å². The molecule has 2 aliphatic rings. The maximum Gasteiger partial charge on any atom is 0.166 e. The summed E-state index contributed by atoms with van der Waals surface area (Å²) in [6.07, 6.45) is 10.8. The highest BCUT2D eigenvalue weighted by Gasteiger charge is 2.39. The van der Waals surface area contributed by atoms with Crippen molar-refractivity contribution < 1.29 is 9.50 Å². The molecule has 0 fully saturated rings. The Morgan fingerprint density at radius 1 is 0.508 bits per heavy atom. The van der Waals surface area contributed by atoms with Gasteiger partial charge in [0.25, 0.3) is 0 Å². The summed E-state index contributed by atoms with van der Waals surface area (Å²) < 4.78 is 15.8. The van der Waals surface area contributed by atoms with Crippen LogP contribution in [0.2, 0.25) is 0 Å². The summed E-state index contributed by atoms with van der Waals surface area (Å²) in [5.74, 6) is -0.884. The van der Waals surface area contributed by atoms with Crippen LogP contribution in [0.4, 0.5) is 15.8 Å². The Hall–Kier alpha value is -7.37. The molecule has 0 radical (unpaired) electrons. The first-order chi connectivity index (χ1) is 31.3. The van der Waals surface area contributed by atoms with Crippen LogP contribution < -0.4 is 4.90 Å². The third kappa shape index (κ3) is 7.97. The molecule has 2 unspecified atom stereocenters. The van der Waals surface area contributed by atoms with Crippen LogP contribution in [0.5, 0.6) is 5.75 Å². The molecular weight excluding hydrogens is 798 g/mol. The fraction of sp³-hybridized carbons (Fsp3) is 0.167. The number of nitrogens with zero attached hydrogens (tertiary/aromatic N) is 3. The van der Waals surface area contributed by atoms with Crippen molar-refractivity contribution >= 4 is 11.4 Å². The molecule has 3 heterocycles. The van der Waals surface area contributed by atoms with E-state index in [-0.39, 0.29) is 22.8 Å². The Kier molecular flexibility index (Phi) is 10.5. The summed E-state index contributed by atoms with van der Waals surface area (Å²) in [5, 5.41) is 11.4. The van der Waals surface area contributed by atoms with Crippen molar-refractivity contribution in [3.05, 3.63) is 211 Å². The van der Waals surface area contributed by atoms with Gasteiger partial charge in [0.1, 0.15) is 0 Å². The molecule has 0 saturated heterocycles. The largest absolute Gasteiger partial charge is 0.504 e. The van der Waals surface area contributed by atoms with E-state index < -0.39 is 11.6 Å². The third-order valence-electron chi connectivity index (χ3n) is 12.9. The van der Waals surface area contributed by atoms with Gasteiger partial charge in [-0.05, 0) is 110 Å². The summed E-state index contributed by atoms with van der Waals surface area (Å²) in [7, 11) is 0. The van der Waals surface area contributed by atoms with Gasteiger partial charge in [-0.15, -0.1) is 0 Å². The number of allylic oxidation sites excluding steroid dienone is 2. The fourth-order valence-electron chi connectivity index (χ4n) is 9.33. The maximum absolute atomic E-state index is 15.8. The normalized spacial score (nSPS) is 15.5. The molecule has 4 nitrogen and oxygen atoms in total. The van der Waals surface area contributed by atoms with Crippen LogP contribution in [0.1, 0.15) is 64.2 Å². The summed E-state index contributed by atoms with van der Waals surface area (Å²) in [6, 6.07) is 53.9. The molecule has 8 aromatic rings. The SMILES string of the molecule is CC(C)(C)c1cc(-c2cc(-c3cccc(-c4cc(-c5cccc6c5N(c5ccccc5)C5C=CC=CC65)ccn4)c3)nc(-c3cc(-c4ccccc4)cc(F)c3O)c2)cc(C(C)(C)C)c1. The molecule has 0 amide bonds. The Bertz CT molecular complexity index is 3120. The van der Waals surface area contributed by atoms with E-state index in [1.165, 1.54) is 28.4 Å². The molecule has 1 aliphatic carbocycles. The molecule has 2 atom stereocenters. The lowest BCUT2D eigenvalue weighted by Gasteiger charge is -2.29. The van der Waals surface area contributed by atoms with E-state index in [2.05, 4.69) is 174 Å². The summed E-state index contributed by atoms with van der Waals surface area (Å²) in [4.78, 5) is 12.6. The molecule has 6 aromatic carbocycles. The standard InChI is InChI=1S/C60H52FN3O/c1-59(2,3)45-30-42(31-46(37-45)60(4,5)6)44-35-54(63-55(36-44)51-32-43(33-52(61)58(51)65)38-17-9-7-10-18-38)41-20-15-19-40(29-41)53-34-39(27-28-62-53)48-24-16-25-50-49-23-13-14-26-56(49)64(57(48)50)47-21-11-8-12-22-47/h7-37,49,56,65H,1-6H3. The van der Waals surface area contributed by atoms with Crippen molar-refractivity contribution in [2.45, 2.75) is 64.3 Å². The molecular formula is C60H52FN3O. The zero-order valence-corrected chi connectivity index (χ0v) is 37.7. The topological polar surface area (TPSA) is 49.2 Å². The zero-order chi connectivity index (χ0) is 45.0. The van der Waals surface area contributed by atoms with Crippen LogP contribution in [0.15, 0.2) is 188 Å². The van der Waals surface area contributed by atoms with Gasteiger partial charge >= 0.3 is 0 Å². The minimum absolute atomic E-state index is 0.109. The Morgan fingerprint density at radius 3 is 1.83 bits per heavy atom. The van der Waals surface area contributed by atoms with Crippen LogP contribution in [-0.2, 0) is 10.8 Å². The first kappa shape index (κ1) is 41.6. The smallest absolute Gasteiger partial charge is 0.166 e. The van der Waals surface area contributed by atoms with Crippen molar-refractivity contribution in [3.8, 4) is 72.9 Å². The average Bonchev–Trinajstić information content (AvgIpc) is 3.67. The minimum atomic E-state index is -0.699. The lowest BCUT2D eigenvalue weighted by atomic mass is 9.79. The number of phenolic OH excluding ortho intramolecular Hbond substituents is 1. The van der Waals surface area contributed by atoms with E-state index in [4.69, 9.17) is 9.97 Å². The van der Waals surface area contributed by atoms with E-state index in [9.17, 15) is 5.11 Å². The quantitative estimate of drug-likeness (QED) is 0.174. The van der Waals surface area contributed by atoms with Gasteiger partial charge in [0.05, 0.1) is 28.8 Å². The van der Waals surface area contributed by atoms with Gasteiger partial charge in [0.2, 0.25) is 0 Å². The van der Waals surface area contributed by atoms with Crippen LogP contribution in [0.25, 0.3) is 67.2 Å². The van der Waals surface area contributed by atoms with Crippen LogP contribution in [0.3, 0.4) is 0 Å². The van der Waals surface area contributed by atoms with E-state index >= 15 is 4.39 Å². The van der Waals surface area contributed by atoms with Gasteiger partial charge < -0.3 is 10.0 Å². The average molecular weight is 850 g/mol. The fourth-order valence-corrected chi connectivity index (χ4v) is 9.33. The number of pyridine rings is 2. The molecule has 0 spiro atoms. The van der Waals surface area contributed by atoms with Gasteiger partial charge in [-0.1, -0.05) is 169 Å². The van der Waals surface area contributed by atoms with Crippen LogP contribution in [-0.4, -0.2) is 21.1 Å². The Balaban J connectivity index is 1.11. The van der Waals surface area contributed by atoms with Gasteiger partial charge in [0.15, 0.2) is 11.6 Å². The van der Waals surface area contributed by atoms with E-state index in [0.29, 0.717) is 22.5 Å². The van der Waals surface area contributed by atoms with E-state index in [0.717, 1.165) is 50.3 Å².